The summed E-state index contributed by atoms with van der Waals surface area (Å²) in [4.78, 5) is 11.1. The van der Waals surface area contributed by atoms with Gasteiger partial charge in [-0.2, -0.15) is 0 Å². The van der Waals surface area contributed by atoms with Gasteiger partial charge in [0.15, 0.2) is 0 Å². The van der Waals surface area contributed by atoms with Crippen LogP contribution in [0.3, 0.4) is 0 Å². The van der Waals surface area contributed by atoms with Gasteiger partial charge in [-0.3, -0.25) is 4.79 Å². The largest absolute Gasteiger partial charge is 0.349 e. The van der Waals surface area contributed by atoms with Crippen molar-refractivity contribution in [2.75, 3.05) is 0 Å². The van der Waals surface area contributed by atoms with Crippen molar-refractivity contribution in [3.05, 3.63) is 12.2 Å². The molecule has 3 nitrogen and oxygen atoms in total. The summed E-state index contributed by atoms with van der Waals surface area (Å²) in [5.74, 6) is -0.0634. The zero-order valence-electron chi connectivity index (χ0n) is 7.82. The third-order valence-electron chi connectivity index (χ3n) is 2.00. The predicted molar refractivity (Wildman–Crippen MR) is 55.8 cm³/mol. The van der Waals surface area contributed by atoms with Gasteiger partial charge in [-0.05, 0) is 26.2 Å². The van der Waals surface area contributed by atoms with E-state index in [1.54, 1.807) is 6.92 Å². The lowest BCUT2D eigenvalue weighted by atomic mass is 10.0. The molecular weight excluding hydrogens is 188 g/mol. The second-order valence-electron chi connectivity index (χ2n) is 3.26. The van der Waals surface area contributed by atoms with Crippen LogP contribution in [-0.2, 0) is 4.79 Å². The molecule has 4 heteroatoms. The van der Waals surface area contributed by atoms with Crippen molar-refractivity contribution >= 4 is 18.3 Å². The molecule has 0 radical (unpaired) electrons. The van der Waals surface area contributed by atoms with Gasteiger partial charge in [0.05, 0.1) is 6.04 Å². The van der Waals surface area contributed by atoms with Gasteiger partial charge in [0.2, 0.25) is 5.91 Å². The third kappa shape index (κ3) is 4.29. The summed E-state index contributed by atoms with van der Waals surface area (Å²) in [6, 6.07) is -0.197. The summed E-state index contributed by atoms with van der Waals surface area (Å²) in [6.45, 7) is 1.70. The van der Waals surface area contributed by atoms with Crippen LogP contribution in [0.5, 0.6) is 0 Å². The molecule has 0 fully saturated rings. The van der Waals surface area contributed by atoms with E-state index in [0.29, 0.717) is 0 Å². The van der Waals surface area contributed by atoms with E-state index >= 15 is 0 Å². The number of rotatable bonds is 2. The van der Waals surface area contributed by atoms with Crippen molar-refractivity contribution in [2.24, 2.45) is 5.73 Å². The van der Waals surface area contributed by atoms with Gasteiger partial charge < -0.3 is 11.1 Å². The van der Waals surface area contributed by atoms with E-state index in [2.05, 4.69) is 11.4 Å². The molecule has 0 aromatic carbocycles. The third-order valence-corrected chi connectivity index (χ3v) is 2.00. The number of carbonyl (C=O) groups is 1. The van der Waals surface area contributed by atoms with Crippen LogP contribution < -0.4 is 11.1 Å². The maximum atomic E-state index is 11.1. The van der Waals surface area contributed by atoms with Crippen LogP contribution in [-0.4, -0.2) is 18.0 Å². The highest BCUT2D eigenvalue weighted by molar-refractivity contribution is 5.85. The first-order chi connectivity index (χ1) is 5.70. The maximum Gasteiger partial charge on any atom is 0.237 e. The van der Waals surface area contributed by atoms with Crippen LogP contribution in [0.15, 0.2) is 12.2 Å². The average molecular weight is 205 g/mol. The molecular formula is C9H17ClN2O. The van der Waals surface area contributed by atoms with Crippen molar-refractivity contribution in [2.45, 2.75) is 38.3 Å². The van der Waals surface area contributed by atoms with Gasteiger partial charge in [0.1, 0.15) is 0 Å². The molecule has 1 aliphatic rings. The molecule has 0 heterocycles. The molecule has 1 amide bonds. The van der Waals surface area contributed by atoms with Crippen LogP contribution in [0.4, 0.5) is 0 Å². The number of hydrogen-bond acceptors (Lipinski definition) is 2. The first kappa shape index (κ1) is 12.5. The van der Waals surface area contributed by atoms with Gasteiger partial charge in [-0.25, -0.2) is 0 Å². The Morgan fingerprint density at radius 2 is 2.38 bits per heavy atom. The molecule has 0 aromatic rings. The molecule has 1 rings (SSSR count). The molecule has 0 aromatic heterocycles. The molecule has 0 saturated heterocycles. The number of carbonyl (C=O) groups excluding carboxylic acids is 1. The van der Waals surface area contributed by atoms with E-state index in [0.717, 1.165) is 19.3 Å². The second-order valence-corrected chi connectivity index (χ2v) is 3.26. The quantitative estimate of drug-likeness (QED) is 0.659. The summed E-state index contributed by atoms with van der Waals surface area (Å²) in [6.07, 6.45) is 7.47. The number of halogens is 1. The summed E-state index contributed by atoms with van der Waals surface area (Å²) < 4.78 is 0. The summed E-state index contributed by atoms with van der Waals surface area (Å²) >= 11 is 0. The molecule has 2 atom stereocenters. The van der Waals surface area contributed by atoms with E-state index in [1.165, 1.54) is 0 Å². The molecule has 1 unspecified atom stereocenters. The number of nitrogens with two attached hydrogens (primary N) is 1. The van der Waals surface area contributed by atoms with E-state index in [1.807, 2.05) is 6.08 Å². The topological polar surface area (TPSA) is 55.1 Å². The standard InChI is InChI=1S/C9H16N2O.ClH/c1-7(10)9(12)11-8-5-3-2-4-6-8;/h3,5,7-8H,2,4,6,10H2,1H3,(H,11,12);1H/t7-,8?;/m1./s1. The van der Waals surface area contributed by atoms with Gasteiger partial charge in [0, 0.05) is 6.04 Å². The Bertz CT molecular complexity index is 192. The fourth-order valence-electron chi connectivity index (χ4n) is 1.25. The molecule has 0 saturated carbocycles. The van der Waals surface area contributed by atoms with Gasteiger partial charge in [-0.1, -0.05) is 12.2 Å². The zero-order valence-corrected chi connectivity index (χ0v) is 8.64. The van der Waals surface area contributed by atoms with E-state index < -0.39 is 6.04 Å². The normalized spacial score (nSPS) is 23.1. The van der Waals surface area contributed by atoms with Crippen molar-refractivity contribution in [3.63, 3.8) is 0 Å². The highest BCUT2D eigenvalue weighted by Crippen LogP contribution is 2.09. The summed E-state index contributed by atoms with van der Waals surface area (Å²) in [5.41, 5.74) is 5.42. The molecule has 0 aliphatic heterocycles. The number of allylic oxidation sites excluding steroid dienone is 1. The Hall–Kier alpha value is -0.540. The first-order valence-electron chi connectivity index (χ1n) is 4.43. The van der Waals surface area contributed by atoms with Crippen molar-refractivity contribution in [1.82, 2.24) is 5.32 Å². The van der Waals surface area contributed by atoms with Crippen molar-refractivity contribution in [3.8, 4) is 0 Å². The SMILES string of the molecule is C[C@@H](N)C(=O)NC1C=CCCC1.Cl. The molecule has 13 heavy (non-hydrogen) atoms. The summed E-state index contributed by atoms with van der Waals surface area (Å²) in [7, 11) is 0. The Labute approximate surface area is 85.2 Å². The Morgan fingerprint density at radius 1 is 1.69 bits per heavy atom. The Balaban J connectivity index is 0.00000144. The maximum absolute atomic E-state index is 11.1. The second kappa shape index (κ2) is 6.00. The van der Waals surface area contributed by atoms with E-state index in [9.17, 15) is 4.79 Å². The van der Waals surface area contributed by atoms with E-state index in [4.69, 9.17) is 5.73 Å². The fourth-order valence-corrected chi connectivity index (χ4v) is 1.25. The Morgan fingerprint density at radius 3 is 2.85 bits per heavy atom. The molecule has 1 aliphatic carbocycles. The highest BCUT2D eigenvalue weighted by Gasteiger charge is 2.13. The fraction of sp³-hybridized carbons (Fsp3) is 0.667. The van der Waals surface area contributed by atoms with Crippen LogP contribution in [0.2, 0.25) is 0 Å². The van der Waals surface area contributed by atoms with Gasteiger partial charge in [0.25, 0.3) is 0 Å². The Kier molecular flexibility index (Phi) is 5.75. The molecule has 76 valence electrons. The summed E-state index contributed by atoms with van der Waals surface area (Å²) in [5, 5.41) is 2.87. The van der Waals surface area contributed by atoms with E-state index in [-0.39, 0.29) is 24.4 Å². The first-order valence-corrected chi connectivity index (χ1v) is 4.43. The zero-order chi connectivity index (χ0) is 8.97. The van der Waals surface area contributed by atoms with Crippen molar-refractivity contribution in [1.29, 1.82) is 0 Å². The van der Waals surface area contributed by atoms with Crippen LogP contribution in [0, 0.1) is 0 Å². The molecule has 3 N–H and O–H groups in total. The minimum absolute atomic E-state index is 0. The average Bonchev–Trinajstić information content (AvgIpc) is 2.06. The number of amides is 1. The van der Waals surface area contributed by atoms with Crippen molar-refractivity contribution < 1.29 is 4.79 Å². The number of nitrogens with one attached hydrogen (secondary N) is 1. The van der Waals surface area contributed by atoms with Crippen LogP contribution in [0.1, 0.15) is 26.2 Å². The monoisotopic (exact) mass is 204 g/mol. The minimum atomic E-state index is -0.402. The predicted octanol–water partition coefficient (Wildman–Crippen LogP) is 0.980. The number of hydrogen-bond donors (Lipinski definition) is 2. The highest BCUT2D eigenvalue weighted by atomic mass is 35.5. The van der Waals surface area contributed by atoms with Gasteiger partial charge >= 0.3 is 0 Å². The lowest BCUT2D eigenvalue weighted by Crippen LogP contribution is -2.43. The van der Waals surface area contributed by atoms with Crippen LogP contribution in [0.25, 0.3) is 0 Å². The smallest absolute Gasteiger partial charge is 0.237 e. The lowest BCUT2D eigenvalue weighted by molar-refractivity contribution is -0.122. The molecule has 0 bridgehead atoms. The minimum Gasteiger partial charge on any atom is -0.349 e. The molecule has 0 spiro atoms. The van der Waals surface area contributed by atoms with Gasteiger partial charge in [-0.15, -0.1) is 12.4 Å². The van der Waals surface area contributed by atoms with Crippen LogP contribution >= 0.6 is 12.4 Å². The lowest BCUT2D eigenvalue weighted by Gasteiger charge is -2.18.